The van der Waals surface area contributed by atoms with E-state index in [1.807, 2.05) is 52.0 Å². The molecule has 1 aromatic heterocycles. The van der Waals surface area contributed by atoms with Crippen molar-refractivity contribution < 1.29 is 4.74 Å². The van der Waals surface area contributed by atoms with Crippen molar-refractivity contribution >= 4 is 0 Å². The summed E-state index contributed by atoms with van der Waals surface area (Å²) in [6.07, 6.45) is -0.174. The molecule has 0 saturated carbocycles. The minimum Gasteiger partial charge on any atom is -0.368 e. The highest BCUT2D eigenvalue weighted by Gasteiger charge is 2.18. The SMILES string of the molecule is Cc1cccc(-n2c(C(C)OC(C)C)n[nH]c2=O)c1. The molecule has 2 rings (SSSR count). The number of hydrogen-bond acceptors (Lipinski definition) is 3. The molecule has 0 bridgehead atoms. The Kier molecular flexibility index (Phi) is 3.85. The van der Waals surface area contributed by atoms with Crippen LogP contribution in [-0.4, -0.2) is 20.9 Å². The van der Waals surface area contributed by atoms with Crippen LogP contribution >= 0.6 is 0 Å². The van der Waals surface area contributed by atoms with Crippen LogP contribution in [0.25, 0.3) is 5.69 Å². The fourth-order valence-electron chi connectivity index (χ4n) is 2.07. The summed E-state index contributed by atoms with van der Waals surface area (Å²) in [5, 5.41) is 6.56. The average Bonchev–Trinajstić information content (AvgIpc) is 2.70. The third kappa shape index (κ3) is 2.93. The summed E-state index contributed by atoms with van der Waals surface area (Å²) >= 11 is 0. The van der Waals surface area contributed by atoms with E-state index in [1.165, 1.54) is 0 Å². The third-order valence-electron chi connectivity index (χ3n) is 2.80. The maximum Gasteiger partial charge on any atom is 0.348 e. The highest BCUT2D eigenvalue weighted by molar-refractivity contribution is 5.36. The zero-order valence-corrected chi connectivity index (χ0v) is 11.7. The highest BCUT2D eigenvalue weighted by atomic mass is 16.5. The summed E-state index contributed by atoms with van der Waals surface area (Å²) in [6, 6.07) is 7.74. The summed E-state index contributed by atoms with van der Waals surface area (Å²) in [5.74, 6) is 0.587. The molecule has 1 unspecified atom stereocenters. The molecule has 0 spiro atoms. The molecule has 0 radical (unpaired) electrons. The lowest BCUT2D eigenvalue weighted by molar-refractivity contribution is 0.0118. The molecular weight excluding hydrogens is 242 g/mol. The monoisotopic (exact) mass is 261 g/mol. The topological polar surface area (TPSA) is 59.9 Å². The number of nitrogens with zero attached hydrogens (tertiary/aromatic N) is 2. The summed E-state index contributed by atoms with van der Waals surface area (Å²) in [4.78, 5) is 11.9. The van der Waals surface area contributed by atoms with Gasteiger partial charge in [0.2, 0.25) is 0 Å². The zero-order chi connectivity index (χ0) is 14.0. The maximum atomic E-state index is 11.9. The number of aromatic nitrogens is 3. The number of hydrogen-bond donors (Lipinski definition) is 1. The zero-order valence-electron chi connectivity index (χ0n) is 11.7. The standard InChI is InChI=1S/C14H19N3O2/c1-9(2)19-11(4)13-15-16-14(18)17(13)12-7-5-6-10(3)8-12/h5-9,11H,1-4H3,(H,16,18). The summed E-state index contributed by atoms with van der Waals surface area (Å²) < 4.78 is 7.26. The summed E-state index contributed by atoms with van der Waals surface area (Å²) in [6.45, 7) is 7.79. The van der Waals surface area contributed by atoms with Gasteiger partial charge in [-0.25, -0.2) is 14.5 Å². The van der Waals surface area contributed by atoms with Crippen molar-refractivity contribution in [1.29, 1.82) is 0 Å². The second kappa shape index (κ2) is 5.40. The molecule has 1 atom stereocenters. The summed E-state index contributed by atoms with van der Waals surface area (Å²) in [7, 11) is 0. The smallest absolute Gasteiger partial charge is 0.348 e. The molecule has 0 fully saturated rings. The molecule has 19 heavy (non-hydrogen) atoms. The largest absolute Gasteiger partial charge is 0.368 e. The van der Waals surface area contributed by atoms with E-state index < -0.39 is 0 Å². The number of ether oxygens (including phenoxy) is 1. The average molecular weight is 261 g/mol. The van der Waals surface area contributed by atoms with Crippen molar-refractivity contribution in [1.82, 2.24) is 14.8 Å². The van der Waals surface area contributed by atoms with Gasteiger partial charge in [0.05, 0.1) is 11.8 Å². The van der Waals surface area contributed by atoms with E-state index >= 15 is 0 Å². The molecule has 0 saturated heterocycles. The first-order valence-electron chi connectivity index (χ1n) is 6.39. The minimum absolute atomic E-state index is 0.0766. The molecule has 0 aliphatic carbocycles. The number of nitrogens with one attached hydrogen (secondary N) is 1. The summed E-state index contributed by atoms with van der Waals surface area (Å²) in [5.41, 5.74) is 1.64. The molecule has 0 aliphatic heterocycles. The Balaban J connectivity index is 2.46. The lowest BCUT2D eigenvalue weighted by Crippen LogP contribution is -2.20. The van der Waals surface area contributed by atoms with E-state index in [4.69, 9.17) is 4.74 Å². The Hall–Kier alpha value is -1.88. The number of rotatable bonds is 4. The molecule has 0 aliphatic rings. The van der Waals surface area contributed by atoms with E-state index in [1.54, 1.807) is 4.57 Å². The van der Waals surface area contributed by atoms with Crippen LogP contribution < -0.4 is 5.69 Å². The Bertz CT molecular complexity index is 613. The van der Waals surface area contributed by atoms with Crippen LogP contribution in [0.1, 0.15) is 38.3 Å². The van der Waals surface area contributed by atoms with Crippen molar-refractivity contribution in [3.63, 3.8) is 0 Å². The third-order valence-corrected chi connectivity index (χ3v) is 2.80. The predicted molar refractivity (Wildman–Crippen MR) is 73.6 cm³/mol. The second-order valence-electron chi connectivity index (χ2n) is 4.89. The van der Waals surface area contributed by atoms with Gasteiger partial charge in [-0.15, -0.1) is 0 Å². The highest BCUT2D eigenvalue weighted by Crippen LogP contribution is 2.18. The van der Waals surface area contributed by atoms with Crippen molar-refractivity contribution in [3.05, 3.63) is 46.1 Å². The van der Waals surface area contributed by atoms with E-state index in [0.717, 1.165) is 11.3 Å². The molecule has 0 amide bonds. The van der Waals surface area contributed by atoms with Gasteiger partial charge >= 0.3 is 5.69 Å². The molecule has 2 aromatic rings. The number of aromatic amines is 1. The van der Waals surface area contributed by atoms with Crippen LogP contribution in [0.4, 0.5) is 0 Å². The number of aryl methyl sites for hydroxylation is 1. The normalized spacial score (nSPS) is 12.9. The van der Waals surface area contributed by atoms with Crippen LogP contribution in [0.15, 0.2) is 29.1 Å². The van der Waals surface area contributed by atoms with Crippen molar-refractivity contribution in [2.45, 2.75) is 39.9 Å². The molecule has 1 heterocycles. The van der Waals surface area contributed by atoms with Crippen LogP contribution in [-0.2, 0) is 4.74 Å². The fourth-order valence-corrected chi connectivity index (χ4v) is 2.07. The van der Waals surface area contributed by atoms with Crippen LogP contribution in [0.3, 0.4) is 0 Å². The van der Waals surface area contributed by atoms with E-state index in [2.05, 4.69) is 10.2 Å². The van der Waals surface area contributed by atoms with E-state index in [9.17, 15) is 4.79 Å². The number of H-pyrrole nitrogens is 1. The van der Waals surface area contributed by atoms with Gasteiger partial charge < -0.3 is 4.74 Å². The first-order chi connectivity index (χ1) is 8.99. The van der Waals surface area contributed by atoms with Gasteiger partial charge in [0.1, 0.15) is 6.10 Å². The quantitative estimate of drug-likeness (QED) is 0.919. The molecular formula is C14H19N3O2. The Labute approximate surface area is 112 Å². The van der Waals surface area contributed by atoms with Gasteiger partial charge in [0, 0.05) is 0 Å². The molecule has 102 valence electrons. The molecule has 1 N–H and O–H groups in total. The van der Waals surface area contributed by atoms with Crippen molar-refractivity contribution in [2.24, 2.45) is 0 Å². The molecule has 5 heteroatoms. The van der Waals surface area contributed by atoms with Gasteiger partial charge in [-0.3, -0.25) is 0 Å². The molecule has 1 aromatic carbocycles. The Morgan fingerprint density at radius 3 is 2.68 bits per heavy atom. The predicted octanol–water partition coefficient (Wildman–Crippen LogP) is 2.36. The first kappa shape index (κ1) is 13.5. The van der Waals surface area contributed by atoms with Crippen LogP contribution in [0.2, 0.25) is 0 Å². The first-order valence-corrected chi connectivity index (χ1v) is 6.39. The van der Waals surface area contributed by atoms with Gasteiger partial charge in [0.15, 0.2) is 5.82 Å². The van der Waals surface area contributed by atoms with Crippen LogP contribution in [0, 0.1) is 6.92 Å². The maximum absolute atomic E-state index is 11.9. The van der Waals surface area contributed by atoms with Gasteiger partial charge in [-0.2, -0.15) is 5.10 Å². The second-order valence-corrected chi connectivity index (χ2v) is 4.89. The Morgan fingerprint density at radius 2 is 2.05 bits per heavy atom. The van der Waals surface area contributed by atoms with Crippen molar-refractivity contribution in [2.75, 3.05) is 0 Å². The van der Waals surface area contributed by atoms with Crippen molar-refractivity contribution in [3.8, 4) is 5.69 Å². The van der Waals surface area contributed by atoms with E-state index in [0.29, 0.717) is 5.82 Å². The lowest BCUT2D eigenvalue weighted by Gasteiger charge is -2.16. The minimum atomic E-state index is -0.250. The Morgan fingerprint density at radius 1 is 1.32 bits per heavy atom. The van der Waals surface area contributed by atoms with Crippen LogP contribution in [0.5, 0.6) is 0 Å². The van der Waals surface area contributed by atoms with Gasteiger partial charge in [-0.1, -0.05) is 12.1 Å². The van der Waals surface area contributed by atoms with E-state index in [-0.39, 0.29) is 17.9 Å². The molecule has 5 nitrogen and oxygen atoms in total. The number of benzene rings is 1. The lowest BCUT2D eigenvalue weighted by atomic mass is 10.2. The van der Waals surface area contributed by atoms with Gasteiger partial charge in [-0.05, 0) is 45.4 Å². The van der Waals surface area contributed by atoms with Gasteiger partial charge in [0.25, 0.3) is 0 Å². The fraction of sp³-hybridized carbons (Fsp3) is 0.429.